The van der Waals surface area contributed by atoms with E-state index in [-0.39, 0.29) is 6.03 Å². The van der Waals surface area contributed by atoms with Crippen molar-refractivity contribution >= 4 is 11.7 Å². The average molecular weight is 323 g/mol. The predicted octanol–water partition coefficient (Wildman–Crippen LogP) is 2.03. The largest absolute Gasteiger partial charge is 0.322 e. The van der Waals surface area contributed by atoms with E-state index in [0.29, 0.717) is 12.2 Å². The highest BCUT2D eigenvalue weighted by atomic mass is 16.2. The molecule has 0 unspecified atom stereocenters. The van der Waals surface area contributed by atoms with Gasteiger partial charge in [-0.1, -0.05) is 12.1 Å². The summed E-state index contributed by atoms with van der Waals surface area (Å²) in [6.07, 6.45) is 3.22. The molecule has 24 heavy (non-hydrogen) atoms. The number of hydrogen-bond donors (Lipinski definition) is 1. The lowest BCUT2D eigenvalue weighted by Gasteiger charge is -2.18. The fraction of sp³-hybridized carbons (Fsp3) is 0.188. The summed E-state index contributed by atoms with van der Waals surface area (Å²) in [6.45, 7) is 2.38. The molecule has 0 bridgehead atoms. The van der Waals surface area contributed by atoms with E-state index in [2.05, 4.69) is 25.8 Å². The first-order valence-corrected chi connectivity index (χ1v) is 7.39. The Labute approximate surface area is 139 Å². The van der Waals surface area contributed by atoms with Crippen LogP contribution in [-0.2, 0) is 6.54 Å². The summed E-state index contributed by atoms with van der Waals surface area (Å²) in [5.41, 5.74) is 3.31. The van der Waals surface area contributed by atoms with Gasteiger partial charge < -0.3 is 10.2 Å². The Hall–Kier alpha value is -3.29. The molecule has 2 heterocycles. The number of aromatic nitrogens is 5. The molecule has 1 aromatic carbocycles. The Morgan fingerprint density at radius 2 is 2.17 bits per heavy atom. The van der Waals surface area contributed by atoms with Gasteiger partial charge in [0.15, 0.2) is 0 Å². The first kappa shape index (κ1) is 15.6. The number of nitrogens with zero attached hydrogens (tertiary/aromatic N) is 6. The lowest BCUT2D eigenvalue weighted by molar-refractivity contribution is 0.220. The zero-order valence-electron chi connectivity index (χ0n) is 13.4. The van der Waals surface area contributed by atoms with Crippen LogP contribution in [0.2, 0.25) is 0 Å². The number of hydrogen-bond acceptors (Lipinski definition) is 5. The van der Waals surface area contributed by atoms with Gasteiger partial charge in [-0.3, -0.25) is 4.98 Å². The van der Waals surface area contributed by atoms with E-state index in [4.69, 9.17) is 0 Å². The third kappa shape index (κ3) is 3.54. The molecular formula is C16H17N7O. The minimum Gasteiger partial charge on any atom is -0.322 e. The van der Waals surface area contributed by atoms with Crippen molar-refractivity contribution in [1.82, 2.24) is 30.1 Å². The zero-order valence-corrected chi connectivity index (χ0v) is 13.4. The Balaban J connectivity index is 1.71. The van der Waals surface area contributed by atoms with Gasteiger partial charge in [0.25, 0.3) is 0 Å². The maximum Gasteiger partial charge on any atom is 0.321 e. The first-order chi connectivity index (χ1) is 11.6. The van der Waals surface area contributed by atoms with Crippen LogP contribution >= 0.6 is 0 Å². The standard InChI is InChI=1S/C16H17N7O/c1-12-6-7-13(9-15(12)23-11-18-20-21-23)19-16(24)22(2)10-14-5-3-4-8-17-14/h3-9,11H,10H2,1-2H3,(H,19,24). The van der Waals surface area contributed by atoms with Crippen molar-refractivity contribution in [2.24, 2.45) is 0 Å². The van der Waals surface area contributed by atoms with Crippen molar-refractivity contribution in [2.45, 2.75) is 13.5 Å². The smallest absolute Gasteiger partial charge is 0.321 e. The molecule has 122 valence electrons. The third-order valence-corrected chi connectivity index (χ3v) is 3.53. The SMILES string of the molecule is Cc1ccc(NC(=O)N(C)Cc2ccccn2)cc1-n1cnnn1. The molecule has 3 rings (SSSR count). The Morgan fingerprint density at radius 3 is 2.88 bits per heavy atom. The van der Waals surface area contributed by atoms with Gasteiger partial charge in [0.05, 0.1) is 17.9 Å². The number of aryl methyl sites for hydroxylation is 1. The summed E-state index contributed by atoms with van der Waals surface area (Å²) in [6, 6.07) is 11.0. The number of urea groups is 1. The molecular weight excluding hydrogens is 306 g/mol. The summed E-state index contributed by atoms with van der Waals surface area (Å²) in [7, 11) is 1.72. The van der Waals surface area contributed by atoms with E-state index in [1.165, 1.54) is 6.33 Å². The van der Waals surface area contributed by atoms with Crippen molar-refractivity contribution in [3.63, 3.8) is 0 Å². The molecule has 0 spiro atoms. The molecule has 8 heteroatoms. The van der Waals surface area contributed by atoms with Gasteiger partial charge in [0.2, 0.25) is 0 Å². The van der Waals surface area contributed by atoms with E-state index in [1.807, 2.05) is 43.3 Å². The van der Waals surface area contributed by atoms with Crippen molar-refractivity contribution in [3.05, 3.63) is 60.2 Å². The lowest BCUT2D eigenvalue weighted by atomic mass is 10.2. The molecule has 0 aliphatic heterocycles. The van der Waals surface area contributed by atoms with Gasteiger partial charge >= 0.3 is 6.03 Å². The Morgan fingerprint density at radius 1 is 1.29 bits per heavy atom. The van der Waals surface area contributed by atoms with E-state index in [9.17, 15) is 4.79 Å². The number of carbonyl (C=O) groups excluding carboxylic acids is 1. The summed E-state index contributed by atoms with van der Waals surface area (Å²) in [5.74, 6) is 0. The maximum absolute atomic E-state index is 12.3. The molecule has 0 aliphatic rings. The highest BCUT2D eigenvalue weighted by Gasteiger charge is 2.11. The van der Waals surface area contributed by atoms with Gasteiger partial charge in [-0.2, -0.15) is 0 Å². The van der Waals surface area contributed by atoms with Gasteiger partial charge in [-0.05, 0) is 47.2 Å². The molecule has 3 aromatic rings. The van der Waals surface area contributed by atoms with Crippen LogP contribution in [0.1, 0.15) is 11.3 Å². The predicted molar refractivity (Wildman–Crippen MR) is 88.6 cm³/mol. The van der Waals surface area contributed by atoms with Gasteiger partial charge in [0, 0.05) is 18.9 Å². The minimum absolute atomic E-state index is 0.216. The van der Waals surface area contributed by atoms with Crippen LogP contribution in [0.25, 0.3) is 5.69 Å². The first-order valence-electron chi connectivity index (χ1n) is 7.39. The third-order valence-electron chi connectivity index (χ3n) is 3.53. The van der Waals surface area contributed by atoms with E-state index in [1.54, 1.807) is 22.8 Å². The fourth-order valence-corrected chi connectivity index (χ4v) is 2.23. The molecule has 0 aliphatic carbocycles. The monoisotopic (exact) mass is 323 g/mol. The van der Waals surface area contributed by atoms with Crippen molar-refractivity contribution < 1.29 is 4.79 Å². The van der Waals surface area contributed by atoms with E-state index >= 15 is 0 Å². The van der Waals surface area contributed by atoms with Gasteiger partial charge in [-0.15, -0.1) is 5.10 Å². The van der Waals surface area contributed by atoms with Crippen LogP contribution in [-0.4, -0.2) is 43.2 Å². The lowest BCUT2D eigenvalue weighted by Crippen LogP contribution is -2.31. The highest BCUT2D eigenvalue weighted by Crippen LogP contribution is 2.18. The molecule has 0 saturated heterocycles. The second kappa shape index (κ2) is 6.86. The van der Waals surface area contributed by atoms with E-state index < -0.39 is 0 Å². The van der Waals surface area contributed by atoms with Gasteiger partial charge in [0.1, 0.15) is 6.33 Å². The van der Waals surface area contributed by atoms with Crippen molar-refractivity contribution in [3.8, 4) is 5.69 Å². The molecule has 1 N–H and O–H groups in total. The summed E-state index contributed by atoms with van der Waals surface area (Å²) in [4.78, 5) is 18.1. The van der Waals surface area contributed by atoms with Crippen LogP contribution in [0.4, 0.5) is 10.5 Å². The number of nitrogens with one attached hydrogen (secondary N) is 1. The number of carbonyl (C=O) groups is 1. The second-order valence-corrected chi connectivity index (χ2v) is 5.36. The van der Waals surface area contributed by atoms with Crippen LogP contribution in [0.5, 0.6) is 0 Å². The minimum atomic E-state index is -0.216. The van der Waals surface area contributed by atoms with Crippen molar-refractivity contribution in [1.29, 1.82) is 0 Å². The normalized spacial score (nSPS) is 10.4. The Bertz CT molecular complexity index is 818. The molecule has 0 saturated carbocycles. The molecule has 0 fully saturated rings. The molecule has 0 radical (unpaired) electrons. The number of anilines is 1. The van der Waals surface area contributed by atoms with Crippen LogP contribution in [0, 0.1) is 6.92 Å². The summed E-state index contributed by atoms with van der Waals surface area (Å²) in [5, 5.41) is 14.0. The molecule has 8 nitrogen and oxygen atoms in total. The molecule has 0 atom stereocenters. The number of amides is 2. The zero-order chi connectivity index (χ0) is 16.9. The van der Waals surface area contributed by atoms with Crippen LogP contribution < -0.4 is 5.32 Å². The number of benzene rings is 1. The van der Waals surface area contributed by atoms with E-state index in [0.717, 1.165) is 16.9 Å². The fourth-order valence-electron chi connectivity index (χ4n) is 2.23. The molecule has 2 aromatic heterocycles. The molecule has 2 amide bonds. The summed E-state index contributed by atoms with van der Waals surface area (Å²) < 4.78 is 1.56. The highest BCUT2D eigenvalue weighted by molar-refractivity contribution is 5.89. The Kier molecular flexibility index (Phi) is 4.46. The quantitative estimate of drug-likeness (QED) is 0.793. The number of rotatable bonds is 4. The second-order valence-electron chi connectivity index (χ2n) is 5.36. The van der Waals surface area contributed by atoms with Gasteiger partial charge in [-0.25, -0.2) is 9.48 Å². The number of pyridine rings is 1. The average Bonchev–Trinajstić information content (AvgIpc) is 3.11. The van der Waals surface area contributed by atoms with Crippen LogP contribution in [0.15, 0.2) is 48.9 Å². The van der Waals surface area contributed by atoms with Crippen LogP contribution in [0.3, 0.4) is 0 Å². The maximum atomic E-state index is 12.3. The summed E-state index contributed by atoms with van der Waals surface area (Å²) >= 11 is 0. The van der Waals surface area contributed by atoms with Crippen molar-refractivity contribution in [2.75, 3.05) is 12.4 Å². The number of tetrazole rings is 1. The topological polar surface area (TPSA) is 88.8 Å².